The van der Waals surface area contributed by atoms with Gasteiger partial charge in [0.1, 0.15) is 11.3 Å². The second-order valence-electron chi connectivity index (χ2n) is 4.56. The molecule has 0 rings (SSSR count). The summed E-state index contributed by atoms with van der Waals surface area (Å²) in [6.07, 6.45) is 0.632. The van der Waals surface area contributed by atoms with E-state index in [9.17, 15) is 4.79 Å². The van der Waals surface area contributed by atoms with Crippen LogP contribution in [0.2, 0.25) is 0 Å². The standard InChI is InChI=1S/C10H21NO3/c1-8(12)14-9(2,3)6-7-13-10(4,5)11/h6-7,11H2,1-5H3. The molecule has 0 aromatic rings. The molecule has 0 bridgehead atoms. The molecule has 0 aromatic heterocycles. The molecule has 0 aliphatic carbocycles. The van der Waals surface area contributed by atoms with Crippen molar-refractivity contribution in [2.45, 2.75) is 52.4 Å². The maximum Gasteiger partial charge on any atom is 0.303 e. The third kappa shape index (κ3) is 8.01. The first kappa shape index (κ1) is 13.4. The highest BCUT2D eigenvalue weighted by Gasteiger charge is 2.22. The van der Waals surface area contributed by atoms with Gasteiger partial charge in [-0.05, 0) is 27.7 Å². The zero-order valence-corrected chi connectivity index (χ0v) is 9.72. The van der Waals surface area contributed by atoms with Crippen molar-refractivity contribution >= 4 is 5.97 Å². The summed E-state index contributed by atoms with van der Waals surface area (Å²) in [5, 5.41) is 0. The Morgan fingerprint density at radius 2 is 1.79 bits per heavy atom. The molecule has 2 N–H and O–H groups in total. The normalized spacial score (nSPS) is 12.7. The van der Waals surface area contributed by atoms with Crippen LogP contribution in [0.4, 0.5) is 0 Å². The fourth-order valence-corrected chi connectivity index (χ4v) is 1.000. The van der Waals surface area contributed by atoms with Gasteiger partial charge in [-0.3, -0.25) is 4.79 Å². The van der Waals surface area contributed by atoms with Gasteiger partial charge in [0.2, 0.25) is 0 Å². The number of hydrogen-bond donors (Lipinski definition) is 1. The summed E-state index contributed by atoms with van der Waals surface area (Å²) in [6, 6.07) is 0. The average Bonchev–Trinajstić information content (AvgIpc) is 1.78. The third-order valence-corrected chi connectivity index (χ3v) is 1.60. The maximum atomic E-state index is 10.7. The molecule has 0 heterocycles. The molecule has 0 aliphatic rings. The number of nitrogens with two attached hydrogens (primary N) is 1. The molecule has 0 saturated heterocycles. The molecule has 14 heavy (non-hydrogen) atoms. The highest BCUT2D eigenvalue weighted by atomic mass is 16.6. The van der Waals surface area contributed by atoms with Crippen LogP contribution in [0.3, 0.4) is 0 Å². The molecule has 0 unspecified atom stereocenters. The van der Waals surface area contributed by atoms with Crippen LogP contribution < -0.4 is 5.73 Å². The molecule has 84 valence electrons. The lowest BCUT2D eigenvalue weighted by atomic mass is 10.1. The van der Waals surface area contributed by atoms with Crippen molar-refractivity contribution in [2.24, 2.45) is 5.73 Å². The summed E-state index contributed by atoms with van der Waals surface area (Å²) in [6.45, 7) is 9.14. The Morgan fingerprint density at radius 3 is 2.14 bits per heavy atom. The highest BCUT2D eigenvalue weighted by Crippen LogP contribution is 2.15. The van der Waals surface area contributed by atoms with Crippen LogP contribution in [0.1, 0.15) is 41.0 Å². The van der Waals surface area contributed by atoms with E-state index in [2.05, 4.69) is 0 Å². The van der Waals surface area contributed by atoms with E-state index in [1.165, 1.54) is 6.92 Å². The van der Waals surface area contributed by atoms with Crippen LogP contribution in [-0.2, 0) is 14.3 Å². The Morgan fingerprint density at radius 1 is 1.29 bits per heavy atom. The van der Waals surface area contributed by atoms with Gasteiger partial charge in [-0.15, -0.1) is 0 Å². The van der Waals surface area contributed by atoms with E-state index in [-0.39, 0.29) is 5.97 Å². The number of ether oxygens (including phenoxy) is 2. The van der Waals surface area contributed by atoms with Gasteiger partial charge in [0.15, 0.2) is 0 Å². The molecule has 0 aliphatic heterocycles. The van der Waals surface area contributed by atoms with E-state index in [1.807, 2.05) is 13.8 Å². The van der Waals surface area contributed by atoms with Gasteiger partial charge in [-0.25, -0.2) is 0 Å². The Kier molecular flexibility index (Phi) is 4.55. The smallest absolute Gasteiger partial charge is 0.303 e. The SMILES string of the molecule is CC(=O)OC(C)(C)CCOC(C)(C)N. The Labute approximate surface area is 85.8 Å². The van der Waals surface area contributed by atoms with Crippen molar-refractivity contribution < 1.29 is 14.3 Å². The minimum absolute atomic E-state index is 0.276. The Hall–Kier alpha value is -0.610. The van der Waals surface area contributed by atoms with Crippen LogP contribution in [0.15, 0.2) is 0 Å². The molecule has 4 nitrogen and oxygen atoms in total. The van der Waals surface area contributed by atoms with Gasteiger partial charge in [0.05, 0.1) is 6.61 Å². The molecule has 0 spiro atoms. The highest BCUT2D eigenvalue weighted by molar-refractivity contribution is 5.66. The average molecular weight is 203 g/mol. The van der Waals surface area contributed by atoms with E-state index in [0.29, 0.717) is 13.0 Å². The Bertz CT molecular complexity index is 194. The number of carbonyl (C=O) groups is 1. The van der Waals surface area contributed by atoms with Gasteiger partial charge in [0, 0.05) is 13.3 Å². The minimum atomic E-state index is -0.633. The summed E-state index contributed by atoms with van der Waals surface area (Å²) in [5.74, 6) is -0.276. The van der Waals surface area contributed by atoms with E-state index in [4.69, 9.17) is 15.2 Å². The minimum Gasteiger partial charge on any atom is -0.460 e. The van der Waals surface area contributed by atoms with Crippen molar-refractivity contribution in [2.75, 3.05) is 6.61 Å². The molecular weight excluding hydrogens is 182 g/mol. The van der Waals surface area contributed by atoms with Crippen LogP contribution >= 0.6 is 0 Å². The summed E-state index contributed by atoms with van der Waals surface area (Å²) in [7, 11) is 0. The number of esters is 1. The zero-order valence-electron chi connectivity index (χ0n) is 9.72. The van der Waals surface area contributed by atoms with Crippen molar-refractivity contribution in [1.29, 1.82) is 0 Å². The number of hydrogen-bond acceptors (Lipinski definition) is 4. The number of rotatable bonds is 5. The van der Waals surface area contributed by atoms with Gasteiger partial charge in [0.25, 0.3) is 0 Å². The van der Waals surface area contributed by atoms with Gasteiger partial charge >= 0.3 is 5.97 Å². The molecule has 0 atom stereocenters. The summed E-state index contributed by atoms with van der Waals surface area (Å²) < 4.78 is 10.4. The monoisotopic (exact) mass is 203 g/mol. The lowest BCUT2D eigenvalue weighted by molar-refractivity contribution is -0.156. The fourth-order valence-electron chi connectivity index (χ4n) is 1.000. The van der Waals surface area contributed by atoms with E-state index >= 15 is 0 Å². The molecule has 0 fully saturated rings. The molecule has 0 saturated carbocycles. The summed E-state index contributed by atoms with van der Waals surface area (Å²) in [4.78, 5) is 10.7. The van der Waals surface area contributed by atoms with Crippen LogP contribution in [0, 0.1) is 0 Å². The van der Waals surface area contributed by atoms with Crippen LogP contribution in [0.5, 0.6) is 0 Å². The van der Waals surface area contributed by atoms with Crippen molar-refractivity contribution in [1.82, 2.24) is 0 Å². The van der Waals surface area contributed by atoms with Gasteiger partial charge in [-0.2, -0.15) is 0 Å². The van der Waals surface area contributed by atoms with E-state index in [0.717, 1.165) is 0 Å². The Balaban J connectivity index is 3.82. The molecule has 0 aromatic carbocycles. The second kappa shape index (κ2) is 4.75. The van der Waals surface area contributed by atoms with E-state index in [1.54, 1.807) is 13.8 Å². The van der Waals surface area contributed by atoms with Crippen molar-refractivity contribution in [3.8, 4) is 0 Å². The third-order valence-electron chi connectivity index (χ3n) is 1.60. The molecule has 4 heteroatoms. The predicted molar refractivity (Wildman–Crippen MR) is 54.7 cm³/mol. The fraction of sp³-hybridized carbons (Fsp3) is 0.900. The quantitative estimate of drug-likeness (QED) is 0.542. The van der Waals surface area contributed by atoms with Crippen LogP contribution in [-0.4, -0.2) is 23.9 Å². The zero-order chi connectivity index (χ0) is 11.4. The lowest BCUT2D eigenvalue weighted by Crippen LogP contribution is -2.37. The first-order chi connectivity index (χ1) is 6.12. The first-order valence-electron chi connectivity index (χ1n) is 4.75. The van der Waals surface area contributed by atoms with Gasteiger partial charge in [-0.1, -0.05) is 0 Å². The molecular formula is C10H21NO3. The second-order valence-corrected chi connectivity index (χ2v) is 4.56. The maximum absolute atomic E-state index is 10.7. The summed E-state index contributed by atoms with van der Waals surface area (Å²) >= 11 is 0. The predicted octanol–water partition coefficient (Wildman–Crippen LogP) is 1.43. The van der Waals surface area contributed by atoms with E-state index < -0.39 is 11.3 Å². The molecule has 0 amide bonds. The van der Waals surface area contributed by atoms with Crippen LogP contribution in [0.25, 0.3) is 0 Å². The van der Waals surface area contributed by atoms with Gasteiger partial charge < -0.3 is 15.2 Å². The lowest BCUT2D eigenvalue weighted by Gasteiger charge is -2.26. The summed E-state index contributed by atoms with van der Waals surface area (Å²) in [5.41, 5.74) is 4.51. The van der Waals surface area contributed by atoms with Crippen molar-refractivity contribution in [3.05, 3.63) is 0 Å². The van der Waals surface area contributed by atoms with Crippen molar-refractivity contribution in [3.63, 3.8) is 0 Å². The number of carbonyl (C=O) groups excluding carboxylic acids is 1. The largest absolute Gasteiger partial charge is 0.460 e. The topological polar surface area (TPSA) is 61.5 Å². The first-order valence-corrected chi connectivity index (χ1v) is 4.75. The molecule has 0 radical (unpaired) electrons.